The molecule has 3 aromatic rings. The molecule has 0 atom stereocenters. The van der Waals surface area contributed by atoms with E-state index < -0.39 is 0 Å². The van der Waals surface area contributed by atoms with E-state index in [4.69, 9.17) is 0 Å². The molecule has 0 fully saturated rings. The van der Waals surface area contributed by atoms with E-state index in [1.54, 1.807) is 0 Å². The molecule has 0 saturated carbocycles. The Bertz CT molecular complexity index is 497. The molecule has 0 aliphatic carbocycles. The Hall–Kier alpha value is -0.0851. The molecule has 0 aliphatic rings. The highest BCUT2D eigenvalue weighted by molar-refractivity contribution is 14.1. The molecule has 114 valence electrons. The van der Waals surface area contributed by atoms with Crippen LogP contribution in [0, 0.1) is 10.7 Å². The monoisotopic (exact) mass is 626 g/mol. The summed E-state index contributed by atoms with van der Waals surface area (Å²) in [6, 6.07) is 30.6. The van der Waals surface area contributed by atoms with Gasteiger partial charge in [0.05, 0.1) is 8.41 Å². The SMILES string of the molecule is B.Ic1ccccc1.Ic1ccccc1.Ic1ccccc1. The van der Waals surface area contributed by atoms with Crippen molar-refractivity contribution in [3.8, 4) is 0 Å². The van der Waals surface area contributed by atoms with Gasteiger partial charge in [-0.05, 0) is 104 Å². The van der Waals surface area contributed by atoms with Crippen LogP contribution in [-0.2, 0) is 0 Å². The van der Waals surface area contributed by atoms with Crippen LogP contribution < -0.4 is 0 Å². The third kappa shape index (κ3) is 12.5. The molecule has 0 aliphatic heterocycles. The molecule has 0 heterocycles. The van der Waals surface area contributed by atoms with Crippen LogP contribution in [-0.4, -0.2) is 8.41 Å². The third-order valence-corrected chi connectivity index (χ3v) is 4.36. The first kappa shape index (κ1) is 21.9. The minimum atomic E-state index is 0. The van der Waals surface area contributed by atoms with E-state index in [9.17, 15) is 0 Å². The van der Waals surface area contributed by atoms with Gasteiger partial charge in [-0.2, -0.15) is 0 Å². The first-order valence-corrected chi connectivity index (χ1v) is 9.54. The zero-order valence-electron chi connectivity index (χ0n) is 11.3. The quantitative estimate of drug-likeness (QED) is 0.223. The van der Waals surface area contributed by atoms with Gasteiger partial charge >= 0.3 is 0 Å². The van der Waals surface area contributed by atoms with Crippen LogP contribution in [0.1, 0.15) is 0 Å². The van der Waals surface area contributed by atoms with Crippen molar-refractivity contribution in [2.75, 3.05) is 0 Å². The second kappa shape index (κ2) is 14.5. The van der Waals surface area contributed by atoms with Crippen LogP contribution >= 0.6 is 67.8 Å². The molecule has 0 aromatic heterocycles. The van der Waals surface area contributed by atoms with Crippen LogP contribution in [0.2, 0.25) is 0 Å². The van der Waals surface area contributed by atoms with Gasteiger partial charge in [-0.15, -0.1) is 0 Å². The smallest absolute Gasteiger partial charge is 0.0622 e. The Labute approximate surface area is 176 Å². The second-order valence-corrected chi connectivity index (χ2v) is 7.62. The summed E-state index contributed by atoms with van der Waals surface area (Å²) in [6.07, 6.45) is 0. The maximum Gasteiger partial charge on any atom is 0.0814 e. The second-order valence-electron chi connectivity index (χ2n) is 3.89. The Morgan fingerprint density at radius 3 is 0.636 bits per heavy atom. The van der Waals surface area contributed by atoms with E-state index in [-0.39, 0.29) is 8.41 Å². The summed E-state index contributed by atoms with van der Waals surface area (Å²) in [4.78, 5) is 0. The molecular formula is C18H18BI3. The van der Waals surface area contributed by atoms with Gasteiger partial charge in [0.2, 0.25) is 0 Å². The molecule has 0 bridgehead atoms. The van der Waals surface area contributed by atoms with Crippen molar-refractivity contribution in [1.82, 2.24) is 0 Å². The van der Waals surface area contributed by atoms with Gasteiger partial charge in [0.15, 0.2) is 0 Å². The van der Waals surface area contributed by atoms with Crippen molar-refractivity contribution in [3.05, 3.63) is 102 Å². The van der Waals surface area contributed by atoms with E-state index in [1.807, 2.05) is 54.6 Å². The van der Waals surface area contributed by atoms with Gasteiger partial charge in [-0.1, -0.05) is 54.6 Å². The maximum absolute atomic E-state index is 2.28. The Balaban J connectivity index is 0.000000294. The van der Waals surface area contributed by atoms with Crippen LogP contribution in [0.25, 0.3) is 0 Å². The highest BCUT2D eigenvalue weighted by Gasteiger charge is 1.75. The van der Waals surface area contributed by atoms with Gasteiger partial charge in [0.1, 0.15) is 0 Å². The zero-order valence-corrected chi connectivity index (χ0v) is 17.8. The lowest BCUT2D eigenvalue weighted by Crippen LogP contribution is -1.61. The van der Waals surface area contributed by atoms with E-state index in [1.165, 1.54) is 10.7 Å². The molecule has 0 unspecified atom stereocenters. The summed E-state index contributed by atoms with van der Waals surface area (Å²) in [6.45, 7) is 0. The molecule has 0 amide bonds. The maximum atomic E-state index is 2.28. The summed E-state index contributed by atoms with van der Waals surface area (Å²) < 4.78 is 3.88. The van der Waals surface area contributed by atoms with E-state index in [0.29, 0.717) is 0 Å². The lowest BCUT2D eigenvalue weighted by atomic mass is 10.4. The normalized spacial score (nSPS) is 8.32. The zero-order chi connectivity index (χ0) is 15.3. The van der Waals surface area contributed by atoms with E-state index >= 15 is 0 Å². The molecule has 4 heteroatoms. The topological polar surface area (TPSA) is 0 Å². The fraction of sp³-hybridized carbons (Fsp3) is 0. The number of hydrogen-bond acceptors (Lipinski definition) is 0. The van der Waals surface area contributed by atoms with Crippen LogP contribution in [0.4, 0.5) is 0 Å². The van der Waals surface area contributed by atoms with Crippen LogP contribution in [0.5, 0.6) is 0 Å². The summed E-state index contributed by atoms with van der Waals surface area (Å²) >= 11 is 6.84. The first-order valence-electron chi connectivity index (χ1n) is 6.30. The minimum absolute atomic E-state index is 0. The molecule has 3 rings (SSSR count). The standard InChI is InChI=1S/3C6H5I.BH3/c3*7-6-4-2-1-3-5-6;/h3*1-5H;1H3. The van der Waals surface area contributed by atoms with Gasteiger partial charge in [-0.25, -0.2) is 0 Å². The van der Waals surface area contributed by atoms with Crippen LogP contribution in [0.15, 0.2) is 91.0 Å². The Morgan fingerprint density at radius 1 is 0.364 bits per heavy atom. The summed E-state index contributed by atoms with van der Waals surface area (Å²) in [7, 11) is 0. The van der Waals surface area contributed by atoms with Crippen molar-refractivity contribution >= 4 is 76.2 Å². The average molecular weight is 626 g/mol. The number of halogens is 3. The number of benzene rings is 3. The predicted molar refractivity (Wildman–Crippen MR) is 127 cm³/mol. The lowest BCUT2D eigenvalue weighted by Gasteiger charge is -1.80. The third-order valence-electron chi connectivity index (χ3n) is 2.20. The van der Waals surface area contributed by atoms with Crippen molar-refractivity contribution in [2.45, 2.75) is 0 Å². The predicted octanol–water partition coefficient (Wildman–Crippen LogP) is 5.69. The Morgan fingerprint density at radius 2 is 0.545 bits per heavy atom. The average Bonchev–Trinajstić information content (AvgIpc) is 2.51. The fourth-order valence-electron chi connectivity index (χ4n) is 1.24. The van der Waals surface area contributed by atoms with Gasteiger partial charge in [0, 0.05) is 10.7 Å². The van der Waals surface area contributed by atoms with Gasteiger partial charge in [0.25, 0.3) is 0 Å². The largest absolute Gasteiger partial charge is 0.0814 e. The molecule has 0 nitrogen and oxygen atoms in total. The van der Waals surface area contributed by atoms with Gasteiger partial charge in [-0.3, -0.25) is 0 Å². The first-order chi connectivity index (χ1) is 10.2. The number of hydrogen-bond donors (Lipinski definition) is 0. The van der Waals surface area contributed by atoms with Crippen molar-refractivity contribution < 1.29 is 0 Å². The summed E-state index contributed by atoms with van der Waals surface area (Å²) in [5, 5.41) is 0. The summed E-state index contributed by atoms with van der Waals surface area (Å²) in [5.41, 5.74) is 0. The molecular weight excluding hydrogens is 608 g/mol. The lowest BCUT2D eigenvalue weighted by molar-refractivity contribution is 1.65. The molecule has 0 saturated heterocycles. The minimum Gasteiger partial charge on any atom is -0.0622 e. The molecule has 22 heavy (non-hydrogen) atoms. The van der Waals surface area contributed by atoms with Crippen molar-refractivity contribution in [2.24, 2.45) is 0 Å². The Kier molecular flexibility index (Phi) is 14.4. The molecule has 0 radical (unpaired) electrons. The summed E-state index contributed by atoms with van der Waals surface area (Å²) in [5.74, 6) is 0. The van der Waals surface area contributed by atoms with Gasteiger partial charge < -0.3 is 0 Å². The van der Waals surface area contributed by atoms with E-state index in [2.05, 4.69) is 104 Å². The fourth-order valence-corrected chi connectivity index (χ4v) is 2.49. The number of rotatable bonds is 0. The molecule has 0 spiro atoms. The molecule has 3 aromatic carbocycles. The van der Waals surface area contributed by atoms with Crippen LogP contribution in [0.3, 0.4) is 0 Å². The van der Waals surface area contributed by atoms with E-state index in [0.717, 1.165) is 0 Å². The van der Waals surface area contributed by atoms with Crippen molar-refractivity contribution in [3.63, 3.8) is 0 Å². The molecule has 0 N–H and O–H groups in total. The highest BCUT2D eigenvalue weighted by atomic mass is 127. The highest BCUT2D eigenvalue weighted by Crippen LogP contribution is 2.01. The van der Waals surface area contributed by atoms with Crippen molar-refractivity contribution in [1.29, 1.82) is 0 Å².